The third-order valence-corrected chi connectivity index (χ3v) is 8.70. The Morgan fingerprint density at radius 1 is 1.00 bits per heavy atom. The molecule has 4 rings (SSSR count). The second kappa shape index (κ2) is 11.9. The maximum absolute atomic E-state index is 13.8. The number of carbonyl (C=O) groups excluding carboxylic acids is 1. The van der Waals surface area contributed by atoms with Gasteiger partial charge in [0.2, 0.25) is 15.2 Å². The van der Waals surface area contributed by atoms with Gasteiger partial charge < -0.3 is 0 Å². The van der Waals surface area contributed by atoms with E-state index in [0.29, 0.717) is 36.1 Å². The van der Waals surface area contributed by atoms with Crippen LogP contribution in [0.25, 0.3) is 10.2 Å². The molecule has 0 fully saturated rings. The molecule has 0 radical (unpaired) electrons. The number of anilines is 1. The van der Waals surface area contributed by atoms with Gasteiger partial charge in [0.15, 0.2) is 0 Å². The molecular weight excluding hydrogens is 523 g/mol. The monoisotopic (exact) mass is 552 g/mol. The molecule has 0 unspecified atom stereocenters. The Hall–Kier alpha value is -3.47. The Bertz CT molecular complexity index is 1540. The summed E-state index contributed by atoms with van der Waals surface area (Å²) in [5, 5.41) is 5.85. The lowest BCUT2D eigenvalue weighted by molar-refractivity contribution is 0.0987. The van der Waals surface area contributed by atoms with Crippen molar-refractivity contribution in [3.63, 3.8) is 0 Å². The van der Waals surface area contributed by atoms with Gasteiger partial charge in [0.1, 0.15) is 5.82 Å². The van der Waals surface area contributed by atoms with Gasteiger partial charge >= 0.3 is 0 Å². The second-order valence-corrected chi connectivity index (χ2v) is 11.8. The number of hydrogen-bond donors (Lipinski definition) is 0. The van der Waals surface area contributed by atoms with Crippen molar-refractivity contribution in [2.75, 3.05) is 18.1 Å². The number of aryl methyl sites for hydroxylation is 1. The van der Waals surface area contributed by atoms with Gasteiger partial charge in [-0.1, -0.05) is 55.0 Å². The Morgan fingerprint density at radius 3 is 2.29 bits per heavy atom. The quantitative estimate of drug-likeness (QED) is 0.172. The number of fused-ring (bicyclic) bond motifs is 1. The Kier molecular flexibility index (Phi) is 8.65. The van der Waals surface area contributed by atoms with E-state index in [2.05, 4.69) is 10.1 Å². The minimum atomic E-state index is -3.68. The number of hydrogen-bond acceptors (Lipinski definition) is 6. The van der Waals surface area contributed by atoms with Gasteiger partial charge in [0.05, 0.1) is 21.3 Å². The van der Waals surface area contributed by atoms with Crippen LogP contribution in [0.1, 0.15) is 48.2 Å². The van der Waals surface area contributed by atoms with E-state index in [9.17, 15) is 17.6 Å². The normalized spacial score (nSPS) is 12.0. The number of thiazole rings is 1. The first-order chi connectivity index (χ1) is 18.2. The number of aromatic nitrogens is 1. The molecule has 0 bridgehead atoms. The van der Waals surface area contributed by atoms with Gasteiger partial charge in [-0.15, -0.1) is 0 Å². The highest BCUT2D eigenvalue weighted by Crippen LogP contribution is 2.31. The number of halogens is 1. The Morgan fingerprint density at radius 2 is 1.66 bits per heavy atom. The summed E-state index contributed by atoms with van der Waals surface area (Å²) >= 11 is 1.14. The molecule has 1 heterocycles. The SMILES string of the molecule is CCCN(CCC)S(=O)(=O)c1ccc(C(=O)N(/N=C/c2ccc(C)cc2)c2nc3ccc(F)cc3s2)cc1. The summed E-state index contributed by atoms with van der Waals surface area (Å²) in [6.07, 6.45) is 2.96. The number of hydrazone groups is 1. The molecule has 4 aromatic rings. The molecule has 0 aliphatic heterocycles. The molecule has 0 saturated heterocycles. The van der Waals surface area contributed by atoms with E-state index in [4.69, 9.17) is 0 Å². The van der Waals surface area contributed by atoms with E-state index in [1.807, 2.05) is 45.0 Å². The fourth-order valence-electron chi connectivity index (χ4n) is 3.83. The first kappa shape index (κ1) is 27.6. The molecule has 1 amide bonds. The third kappa shape index (κ3) is 6.15. The number of carbonyl (C=O) groups is 1. The zero-order chi connectivity index (χ0) is 27.3. The first-order valence-corrected chi connectivity index (χ1v) is 14.6. The highest BCUT2D eigenvalue weighted by molar-refractivity contribution is 7.89. The summed E-state index contributed by atoms with van der Waals surface area (Å²) in [7, 11) is -3.68. The zero-order valence-corrected chi connectivity index (χ0v) is 23.1. The zero-order valence-electron chi connectivity index (χ0n) is 21.5. The molecule has 0 atom stereocenters. The maximum Gasteiger partial charge on any atom is 0.280 e. The van der Waals surface area contributed by atoms with E-state index in [0.717, 1.165) is 27.5 Å². The van der Waals surface area contributed by atoms with Crippen LogP contribution in [-0.4, -0.2) is 42.9 Å². The van der Waals surface area contributed by atoms with Gasteiger partial charge in [-0.25, -0.2) is 17.8 Å². The van der Waals surface area contributed by atoms with Crippen molar-refractivity contribution in [1.82, 2.24) is 9.29 Å². The number of sulfonamides is 1. The van der Waals surface area contributed by atoms with E-state index < -0.39 is 21.7 Å². The molecule has 198 valence electrons. The van der Waals surface area contributed by atoms with Crippen LogP contribution in [0, 0.1) is 12.7 Å². The average molecular weight is 553 g/mol. The summed E-state index contributed by atoms with van der Waals surface area (Å²) in [5.74, 6) is -0.887. The smallest absolute Gasteiger partial charge is 0.267 e. The summed E-state index contributed by atoms with van der Waals surface area (Å²) in [6.45, 7) is 6.70. The lowest BCUT2D eigenvalue weighted by atomic mass is 10.2. The van der Waals surface area contributed by atoms with Crippen molar-refractivity contribution in [1.29, 1.82) is 0 Å². The van der Waals surface area contributed by atoms with Crippen molar-refractivity contribution in [3.8, 4) is 0 Å². The number of benzene rings is 3. The molecule has 10 heteroatoms. The van der Waals surface area contributed by atoms with Crippen LogP contribution in [0.5, 0.6) is 0 Å². The van der Waals surface area contributed by atoms with E-state index in [1.54, 1.807) is 12.3 Å². The van der Waals surface area contributed by atoms with Gasteiger partial charge in [-0.05, 0) is 67.8 Å². The van der Waals surface area contributed by atoms with Gasteiger partial charge in [-0.3, -0.25) is 4.79 Å². The largest absolute Gasteiger partial charge is 0.280 e. The van der Waals surface area contributed by atoms with Crippen molar-refractivity contribution in [2.24, 2.45) is 5.10 Å². The molecule has 0 aliphatic rings. The molecule has 0 N–H and O–H groups in total. The van der Waals surface area contributed by atoms with E-state index in [1.165, 1.54) is 40.7 Å². The molecule has 38 heavy (non-hydrogen) atoms. The number of rotatable bonds is 10. The topological polar surface area (TPSA) is 82.9 Å². The number of amides is 1. The molecule has 7 nitrogen and oxygen atoms in total. The third-order valence-electron chi connectivity index (χ3n) is 5.80. The van der Waals surface area contributed by atoms with Crippen LogP contribution in [0.15, 0.2) is 76.7 Å². The standard InChI is InChI=1S/C28H29FN4O3S2/c1-4-16-32(17-5-2)38(35,36)24-13-10-22(11-14-24)27(34)33(30-19-21-8-6-20(3)7-9-21)28-31-25-15-12-23(29)18-26(25)37-28/h6-15,18-19H,4-5,16-17H2,1-3H3/b30-19+. The van der Waals surface area contributed by atoms with E-state index in [-0.39, 0.29) is 15.6 Å². The average Bonchev–Trinajstić information content (AvgIpc) is 3.32. The van der Waals surface area contributed by atoms with Crippen LogP contribution in [0.2, 0.25) is 0 Å². The minimum absolute atomic E-state index is 0.126. The molecule has 0 saturated carbocycles. The van der Waals surface area contributed by atoms with Crippen LogP contribution in [0.3, 0.4) is 0 Å². The summed E-state index contributed by atoms with van der Waals surface area (Å²) < 4.78 is 42.1. The predicted octanol–water partition coefficient (Wildman–Crippen LogP) is 6.24. The highest BCUT2D eigenvalue weighted by Gasteiger charge is 2.25. The molecule has 1 aromatic heterocycles. The predicted molar refractivity (Wildman–Crippen MR) is 151 cm³/mol. The summed E-state index contributed by atoms with van der Waals surface area (Å²) in [5.41, 5.74) is 2.67. The van der Waals surface area contributed by atoms with Crippen molar-refractivity contribution in [2.45, 2.75) is 38.5 Å². The fraction of sp³-hybridized carbons (Fsp3) is 0.250. The number of nitrogens with zero attached hydrogens (tertiary/aromatic N) is 4. The van der Waals surface area contributed by atoms with Gasteiger partial charge in [0, 0.05) is 18.7 Å². The summed E-state index contributed by atoms with van der Waals surface area (Å²) in [6, 6.07) is 17.7. The molecular formula is C28H29FN4O3S2. The Labute approximate surface area is 226 Å². The van der Waals surface area contributed by atoms with Crippen molar-refractivity contribution < 1.29 is 17.6 Å². The summed E-state index contributed by atoms with van der Waals surface area (Å²) in [4.78, 5) is 18.2. The Balaban J connectivity index is 1.69. The van der Waals surface area contributed by atoms with Crippen LogP contribution in [0.4, 0.5) is 9.52 Å². The van der Waals surface area contributed by atoms with E-state index >= 15 is 0 Å². The van der Waals surface area contributed by atoms with Crippen molar-refractivity contribution in [3.05, 3.63) is 89.2 Å². The van der Waals surface area contributed by atoms with Crippen LogP contribution >= 0.6 is 11.3 Å². The highest BCUT2D eigenvalue weighted by atomic mass is 32.2. The van der Waals surface area contributed by atoms with Gasteiger partial charge in [-0.2, -0.15) is 14.4 Å². The van der Waals surface area contributed by atoms with Gasteiger partial charge in [0.25, 0.3) is 5.91 Å². The van der Waals surface area contributed by atoms with Crippen molar-refractivity contribution >= 4 is 48.8 Å². The van der Waals surface area contributed by atoms with Crippen LogP contribution < -0.4 is 5.01 Å². The van der Waals surface area contributed by atoms with Crippen LogP contribution in [-0.2, 0) is 10.0 Å². The second-order valence-electron chi connectivity index (χ2n) is 8.81. The lowest BCUT2D eigenvalue weighted by Crippen LogP contribution is -2.32. The molecule has 0 aliphatic carbocycles. The first-order valence-electron chi connectivity index (χ1n) is 12.3. The molecule has 0 spiro atoms. The minimum Gasteiger partial charge on any atom is -0.267 e. The lowest BCUT2D eigenvalue weighted by Gasteiger charge is -2.21. The maximum atomic E-state index is 13.8. The fourth-order valence-corrected chi connectivity index (χ4v) is 6.41. The molecule has 3 aromatic carbocycles.